The lowest BCUT2D eigenvalue weighted by atomic mass is 10.1. The van der Waals surface area contributed by atoms with Gasteiger partial charge in [-0.3, -0.25) is 14.6 Å². The van der Waals surface area contributed by atoms with E-state index in [1.54, 1.807) is 13.2 Å². The summed E-state index contributed by atoms with van der Waals surface area (Å²) < 4.78 is 7.34. The first-order valence-corrected chi connectivity index (χ1v) is 9.88. The van der Waals surface area contributed by atoms with Crippen LogP contribution in [0.25, 0.3) is 10.9 Å². The van der Waals surface area contributed by atoms with Crippen molar-refractivity contribution in [1.29, 1.82) is 0 Å². The highest BCUT2D eigenvalue weighted by atomic mass is 35.5. The van der Waals surface area contributed by atoms with Crippen molar-refractivity contribution in [3.8, 4) is 5.75 Å². The second kappa shape index (κ2) is 8.57. The highest BCUT2D eigenvalue weighted by molar-refractivity contribution is 6.48. The number of anilines is 1. The number of ether oxygens (including phenoxy) is 1. The number of fused-ring (bicyclic) bond motifs is 1. The van der Waals surface area contributed by atoms with Crippen molar-refractivity contribution in [2.45, 2.75) is 13.5 Å². The molecule has 8 heteroatoms. The molecule has 0 aliphatic rings. The zero-order valence-corrected chi connectivity index (χ0v) is 17.7. The van der Waals surface area contributed by atoms with Gasteiger partial charge in [-0.25, -0.2) is 4.98 Å². The van der Waals surface area contributed by atoms with Crippen LogP contribution in [-0.4, -0.2) is 33.3 Å². The quantitative estimate of drug-likeness (QED) is 0.361. The molecule has 0 unspecified atom stereocenters. The first-order valence-electron chi connectivity index (χ1n) is 9.51. The van der Waals surface area contributed by atoms with Crippen molar-refractivity contribution in [2.24, 2.45) is 0 Å². The second-order valence-corrected chi connectivity index (χ2v) is 7.37. The molecule has 2 heterocycles. The Morgan fingerprint density at radius 2 is 1.90 bits per heavy atom. The van der Waals surface area contributed by atoms with E-state index in [-0.39, 0.29) is 5.82 Å². The average molecular weight is 435 g/mol. The summed E-state index contributed by atoms with van der Waals surface area (Å²) in [6.45, 7) is 2.34. The molecule has 4 rings (SSSR count). The number of carbonyl (C=O) groups is 2. The lowest BCUT2D eigenvalue weighted by Crippen LogP contribution is -2.24. The van der Waals surface area contributed by atoms with Crippen LogP contribution in [0, 0.1) is 6.92 Å². The molecule has 31 heavy (non-hydrogen) atoms. The Hall–Kier alpha value is -3.71. The van der Waals surface area contributed by atoms with Gasteiger partial charge >= 0.3 is 0 Å². The van der Waals surface area contributed by atoms with Gasteiger partial charge in [0.2, 0.25) is 0 Å². The Morgan fingerprint density at radius 1 is 1.13 bits per heavy atom. The van der Waals surface area contributed by atoms with Gasteiger partial charge in [-0.15, -0.1) is 0 Å². The van der Waals surface area contributed by atoms with Crippen molar-refractivity contribution >= 4 is 40.0 Å². The third-order valence-electron chi connectivity index (χ3n) is 5.02. The van der Waals surface area contributed by atoms with Crippen molar-refractivity contribution in [2.75, 3.05) is 12.4 Å². The van der Waals surface area contributed by atoms with Crippen LogP contribution in [0.3, 0.4) is 0 Å². The van der Waals surface area contributed by atoms with E-state index >= 15 is 0 Å². The van der Waals surface area contributed by atoms with Gasteiger partial charge in [0.25, 0.3) is 11.7 Å². The van der Waals surface area contributed by atoms with E-state index in [0.29, 0.717) is 34.0 Å². The number of aromatic nitrogens is 3. The molecule has 0 saturated heterocycles. The Kier molecular flexibility index (Phi) is 5.68. The number of rotatable bonds is 6. The summed E-state index contributed by atoms with van der Waals surface area (Å²) in [5.74, 6) is -0.631. The molecular weight excluding hydrogens is 416 g/mol. The molecule has 2 aromatic heterocycles. The summed E-state index contributed by atoms with van der Waals surface area (Å²) in [4.78, 5) is 33.7. The number of nitrogens with zero attached hydrogens (tertiary/aromatic N) is 3. The number of amides is 1. The summed E-state index contributed by atoms with van der Waals surface area (Å²) in [6, 6.07) is 13.0. The molecule has 0 spiro atoms. The lowest BCUT2D eigenvalue weighted by Gasteiger charge is -2.09. The van der Waals surface area contributed by atoms with Crippen LogP contribution in [0.5, 0.6) is 5.75 Å². The molecule has 0 radical (unpaired) electrons. The van der Waals surface area contributed by atoms with E-state index in [1.807, 2.05) is 47.9 Å². The van der Waals surface area contributed by atoms with Crippen LogP contribution in [0.1, 0.15) is 21.6 Å². The number of nitrogens with one attached hydrogen (secondary N) is 1. The van der Waals surface area contributed by atoms with Gasteiger partial charge in [0.1, 0.15) is 5.75 Å². The Bertz CT molecular complexity index is 1270. The number of carbonyl (C=O) groups excluding carboxylic acids is 2. The topological polar surface area (TPSA) is 86.1 Å². The van der Waals surface area contributed by atoms with Crippen molar-refractivity contribution in [3.05, 3.63) is 82.9 Å². The van der Waals surface area contributed by atoms with Crippen molar-refractivity contribution in [1.82, 2.24) is 14.5 Å². The summed E-state index contributed by atoms with van der Waals surface area (Å²) >= 11 is 6.00. The molecule has 0 aliphatic carbocycles. The monoisotopic (exact) mass is 434 g/mol. The zero-order chi connectivity index (χ0) is 22.0. The van der Waals surface area contributed by atoms with Gasteiger partial charge in [-0.2, -0.15) is 0 Å². The molecule has 0 bridgehead atoms. The van der Waals surface area contributed by atoms with E-state index in [1.165, 1.54) is 18.6 Å². The molecule has 7 nitrogen and oxygen atoms in total. The minimum Gasteiger partial charge on any atom is -0.497 e. The summed E-state index contributed by atoms with van der Waals surface area (Å²) in [5.41, 5.74) is 2.84. The standard InChI is InChI=1S/C23H19ClN4O3/c1-14-21(22(29)23(30)27-20-12-25-9-10-26-20)18-11-17(31-2)7-8-19(18)28(14)13-15-3-5-16(24)6-4-15/h3-12H,13H2,1-2H3,(H,26,27,30). The van der Waals surface area contributed by atoms with E-state index in [0.717, 1.165) is 11.1 Å². The van der Waals surface area contributed by atoms with Crippen LogP contribution in [0.4, 0.5) is 5.82 Å². The van der Waals surface area contributed by atoms with Crippen LogP contribution in [-0.2, 0) is 11.3 Å². The summed E-state index contributed by atoms with van der Waals surface area (Å²) in [6.07, 6.45) is 4.30. The maximum atomic E-state index is 13.2. The third kappa shape index (κ3) is 4.13. The van der Waals surface area contributed by atoms with E-state index in [9.17, 15) is 9.59 Å². The number of halogens is 1. The number of hydrogen-bond donors (Lipinski definition) is 1. The molecule has 4 aromatic rings. The zero-order valence-electron chi connectivity index (χ0n) is 16.9. The minimum absolute atomic E-state index is 0.209. The van der Waals surface area contributed by atoms with Gasteiger partial charge in [-0.1, -0.05) is 23.7 Å². The summed E-state index contributed by atoms with van der Waals surface area (Å²) in [5, 5.41) is 3.80. The maximum absolute atomic E-state index is 13.2. The highest BCUT2D eigenvalue weighted by Crippen LogP contribution is 2.31. The van der Waals surface area contributed by atoms with E-state index in [2.05, 4.69) is 15.3 Å². The highest BCUT2D eigenvalue weighted by Gasteiger charge is 2.26. The van der Waals surface area contributed by atoms with Gasteiger partial charge in [0.05, 0.1) is 18.9 Å². The van der Waals surface area contributed by atoms with Crippen molar-refractivity contribution < 1.29 is 14.3 Å². The van der Waals surface area contributed by atoms with Crippen LogP contribution >= 0.6 is 11.6 Å². The largest absolute Gasteiger partial charge is 0.497 e. The summed E-state index contributed by atoms with van der Waals surface area (Å²) in [7, 11) is 1.56. The number of Topliss-reactive ketones (excluding diaryl/α,β-unsaturated/α-hetero) is 1. The number of hydrogen-bond acceptors (Lipinski definition) is 5. The molecule has 0 aliphatic heterocycles. The smallest absolute Gasteiger partial charge is 0.298 e. The molecule has 1 amide bonds. The normalized spacial score (nSPS) is 10.8. The Labute approximate surface area is 183 Å². The van der Waals surface area contributed by atoms with Crippen molar-refractivity contribution in [3.63, 3.8) is 0 Å². The first kappa shape index (κ1) is 20.6. The minimum atomic E-state index is -0.781. The SMILES string of the molecule is COc1ccc2c(c1)c(C(=O)C(=O)Nc1cnccn1)c(C)n2Cc1ccc(Cl)cc1. The number of methoxy groups -OCH3 is 1. The molecule has 156 valence electrons. The van der Waals surface area contributed by atoms with Crippen LogP contribution in [0.2, 0.25) is 5.02 Å². The van der Waals surface area contributed by atoms with Gasteiger partial charge < -0.3 is 14.6 Å². The fraction of sp³-hybridized carbons (Fsp3) is 0.130. The Balaban J connectivity index is 1.78. The first-order chi connectivity index (χ1) is 15.0. The molecule has 1 N–H and O–H groups in total. The number of ketones is 1. The third-order valence-corrected chi connectivity index (χ3v) is 5.27. The molecular formula is C23H19ClN4O3. The van der Waals surface area contributed by atoms with Crippen LogP contribution < -0.4 is 10.1 Å². The van der Waals surface area contributed by atoms with E-state index in [4.69, 9.17) is 16.3 Å². The predicted octanol–water partition coefficient (Wildman–Crippen LogP) is 4.27. The molecule has 0 fully saturated rings. The van der Waals surface area contributed by atoms with Crippen LogP contribution in [0.15, 0.2) is 61.1 Å². The van der Waals surface area contributed by atoms with Gasteiger partial charge in [0, 0.05) is 40.6 Å². The lowest BCUT2D eigenvalue weighted by molar-refractivity contribution is -0.112. The molecule has 0 atom stereocenters. The Morgan fingerprint density at radius 3 is 2.58 bits per heavy atom. The van der Waals surface area contributed by atoms with E-state index < -0.39 is 11.7 Å². The molecule has 0 saturated carbocycles. The second-order valence-electron chi connectivity index (χ2n) is 6.93. The van der Waals surface area contributed by atoms with Gasteiger partial charge in [0.15, 0.2) is 5.82 Å². The fourth-order valence-corrected chi connectivity index (χ4v) is 3.63. The predicted molar refractivity (Wildman–Crippen MR) is 119 cm³/mol. The molecule has 2 aromatic carbocycles. The average Bonchev–Trinajstić information content (AvgIpc) is 3.05. The fourth-order valence-electron chi connectivity index (χ4n) is 3.50. The van der Waals surface area contributed by atoms with Gasteiger partial charge in [-0.05, 0) is 42.8 Å². The maximum Gasteiger partial charge on any atom is 0.298 e. The number of benzene rings is 2.